The number of nitrogens with zero attached hydrogens (tertiary/aromatic N) is 5. The van der Waals surface area contributed by atoms with Crippen LogP contribution in [0.3, 0.4) is 0 Å². The number of rotatable bonds is 9. The number of halogens is 2. The normalized spacial score (nSPS) is 12.0. The maximum absolute atomic E-state index is 12.8. The van der Waals surface area contributed by atoms with Gasteiger partial charge in [-0.05, 0) is 24.3 Å². The molecular weight excluding hydrogens is 471 g/mol. The molecule has 0 spiro atoms. The number of para-hydroxylation sites is 1. The van der Waals surface area contributed by atoms with Crippen LogP contribution >= 0.6 is 23.2 Å². The summed E-state index contributed by atoms with van der Waals surface area (Å²) in [7, 11) is 0. The average Bonchev–Trinajstić information content (AvgIpc) is 3.24. The van der Waals surface area contributed by atoms with Gasteiger partial charge < -0.3 is 19.9 Å². The van der Waals surface area contributed by atoms with Crippen molar-refractivity contribution in [1.82, 2.24) is 24.7 Å². The zero-order valence-electron chi connectivity index (χ0n) is 17.1. The van der Waals surface area contributed by atoms with Gasteiger partial charge in [-0.1, -0.05) is 35.3 Å². The number of anilines is 1. The quantitative estimate of drug-likeness (QED) is 0.344. The standard InChI is InChI=1S/C21H18Cl2N6O4/c22-14-4-3-5-15(23)18(14)29-19-13(10-27-29)21(26-12-25-19)33-16(11-32-9-8-30)20(31)28-17-6-1-2-7-24-17/h1-7,10,12,16,30H,8-9,11H2,(H,24,28,31)/t16-/m0/s1. The molecule has 2 N–H and O–H groups in total. The van der Waals surface area contributed by atoms with Gasteiger partial charge in [0, 0.05) is 6.20 Å². The molecule has 3 aromatic heterocycles. The highest BCUT2D eigenvalue weighted by Gasteiger charge is 2.24. The van der Waals surface area contributed by atoms with E-state index in [1.807, 2.05) is 0 Å². The number of amides is 1. The number of ether oxygens (including phenoxy) is 2. The molecule has 10 nitrogen and oxygen atoms in total. The van der Waals surface area contributed by atoms with Crippen molar-refractivity contribution in [2.45, 2.75) is 6.10 Å². The summed E-state index contributed by atoms with van der Waals surface area (Å²) in [6, 6.07) is 10.2. The van der Waals surface area contributed by atoms with Gasteiger partial charge in [0.05, 0.1) is 36.1 Å². The molecule has 0 bridgehead atoms. The third kappa shape index (κ3) is 5.20. The minimum atomic E-state index is -1.09. The van der Waals surface area contributed by atoms with Crippen molar-refractivity contribution in [1.29, 1.82) is 0 Å². The van der Waals surface area contributed by atoms with Gasteiger partial charge in [0.25, 0.3) is 5.91 Å². The Hall–Kier alpha value is -3.31. The molecule has 0 aliphatic carbocycles. The van der Waals surface area contributed by atoms with Crippen molar-refractivity contribution >= 4 is 46.0 Å². The fourth-order valence-electron chi connectivity index (χ4n) is 2.97. The Bertz CT molecular complexity index is 1230. The summed E-state index contributed by atoms with van der Waals surface area (Å²) in [6.07, 6.45) is 3.23. The Labute approximate surface area is 198 Å². The number of aliphatic hydroxyl groups excluding tert-OH is 1. The van der Waals surface area contributed by atoms with E-state index < -0.39 is 12.0 Å². The highest BCUT2D eigenvalue weighted by Crippen LogP contribution is 2.31. The largest absolute Gasteiger partial charge is 0.461 e. The van der Waals surface area contributed by atoms with Gasteiger partial charge in [-0.3, -0.25) is 4.79 Å². The molecule has 0 fully saturated rings. The number of hydrogen-bond acceptors (Lipinski definition) is 8. The van der Waals surface area contributed by atoms with Crippen LogP contribution in [0.25, 0.3) is 16.7 Å². The Kier molecular flexibility index (Phi) is 7.30. The van der Waals surface area contributed by atoms with Gasteiger partial charge >= 0.3 is 0 Å². The summed E-state index contributed by atoms with van der Waals surface area (Å²) in [6.45, 7) is -0.286. The number of carbonyl (C=O) groups is 1. The Morgan fingerprint density at radius 1 is 1.12 bits per heavy atom. The summed E-state index contributed by atoms with van der Waals surface area (Å²) < 4.78 is 12.7. The van der Waals surface area contributed by atoms with Crippen molar-refractivity contribution in [3.05, 3.63) is 65.2 Å². The van der Waals surface area contributed by atoms with E-state index in [-0.39, 0.29) is 25.7 Å². The fourth-order valence-corrected chi connectivity index (χ4v) is 3.53. The number of carbonyl (C=O) groups excluding carboxylic acids is 1. The minimum absolute atomic E-state index is 0.0405. The molecule has 4 aromatic rings. The van der Waals surface area contributed by atoms with Crippen LogP contribution in [-0.2, 0) is 9.53 Å². The highest BCUT2D eigenvalue weighted by molar-refractivity contribution is 6.37. The van der Waals surface area contributed by atoms with E-state index in [0.717, 1.165) is 0 Å². The van der Waals surface area contributed by atoms with Crippen molar-refractivity contribution in [2.75, 3.05) is 25.1 Å². The van der Waals surface area contributed by atoms with Crippen LogP contribution in [0.5, 0.6) is 5.88 Å². The third-order valence-corrected chi connectivity index (χ3v) is 5.06. The van der Waals surface area contributed by atoms with E-state index in [1.165, 1.54) is 17.2 Å². The lowest BCUT2D eigenvalue weighted by molar-refractivity contribution is -0.125. The molecule has 12 heteroatoms. The highest BCUT2D eigenvalue weighted by atomic mass is 35.5. The van der Waals surface area contributed by atoms with Crippen molar-refractivity contribution < 1.29 is 19.4 Å². The predicted octanol–water partition coefficient (Wildman–Crippen LogP) is 2.91. The van der Waals surface area contributed by atoms with Crippen molar-refractivity contribution in [3.8, 4) is 11.6 Å². The number of aromatic nitrogens is 5. The molecule has 0 saturated heterocycles. The SMILES string of the molecule is O=C(Nc1ccccn1)[C@H](COCCO)Oc1ncnc2c1cnn2-c1c(Cl)cccc1Cl. The molecule has 170 valence electrons. The first-order valence-electron chi connectivity index (χ1n) is 9.78. The minimum Gasteiger partial charge on any atom is -0.461 e. The molecule has 0 saturated carbocycles. The van der Waals surface area contributed by atoms with Crippen LogP contribution in [0.2, 0.25) is 10.0 Å². The molecule has 1 atom stereocenters. The Balaban J connectivity index is 1.64. The molecule has 0 unspecified atom stereocenters. The number of fused-ring (bicyclic) bond motifs is 1. The van der Waals surface area contributed by atoms with E-state index in [4.69, 9.17) is 37.8 Å². The predicted molar refractivity (Wildman–Crippen MR) is 122 cm³/mol. The van der Waals surface area contributed by atoms with Gasteiger partial charge in [-0.25, -0.2) is 19.6 Å². The second kappa shape index (κ2) is 10.5. The van der Waals surface area contributed by atoms with Crippen LogP contribution < -0.4 is 10.1 Å². The summed E-state index contributed by atoms with van der Waals surface area (Å²) in [5.41, 5.74) is 0.839. The van der Waals surface area contributed by atoms with Gasteiger partial charge in [-0.2, -0.15) is 5.10 Å². The Morgan fingerprint density at radius 2 is 1.94 bits per heavy atom. The van der Waals surface area contributed by atoms with Crippen LogP contribution in [0.1, 0.15) is 0 Å². The lowest BCUT2D eigenvalue weighted by Gasteiger charge is -2.18. The molecule has 0 aliphatic heterocycles. The maximum Gasteiger partial charge on any atom is 0.269 e. The first kappa shape index (κ1) is 22.9. The average molecular weight is 489 g/mol. The molecule has 1 amide bonds. The molecule has 3 heterocycles. The maximum atomic E-state index is 12.8. The summed E-state index contributed by atoms with van der Waals surface area (Å²) >= 11 is 12.6. The lowest BCUT2D eigenvalue weighted by atomic mass is 10.3. The van der Waals surface area contributed by atoms with Crippen LogP contribution in [0.15, 0.2) is 55.1 Å². The fraction of sp³-hybridized carbons (Fsp3) is 0.190. The summed E-state index contributed by atoms with van der Waals surface area (Å²) in [4.78, 5) is 25.4. The van der Waals surface area contributed by atoms with Crippen molar-refractivity contribution in [3.63, 3.8) is 0 Å². The monoisotopic (exact) mass is 488 g/mol. The summed E-state index contributed by atoms with van der Waals surface area (Å²) in [5.74, 6) is -0.0320. The van der Waals surface area contributed by atoms with Crippen LogP contribution in [-0.4, -0.2) is 61.7 Å². The van der Waals surface area contributed by atoms with Gasteiger partial charge in [0.1, 0.15) is 23.2 Å². The zero-order chi connectivity index (χ0) is 23.2. The molecule has 4 rings (SSSR count). The first-order chi connectivity index (χ1) is 16.1. The lowest BCUT2D eigenvalue weighted by Crippen LogP contribution is -2.37. The first-order valence-corrected chi connectivity index (χ1v) is 10.5. The van der Waals surface area contributed by atoms with Crippen LogP contribution in [0.4, 0.5) is 5.82 Å². The van der Waals surface area contributed by atoms with E-state index in [9.17, 15) is 4.79 Å². The van der Waals surface area contributed by atoms with E-state index >= 15 is 0 Å². The van der Waals surface area contributed by atoms with E-state index in [0.29, 0.717) is 32.6 Å². The number of hydrogen-bond donors (Lipinski definition) is 2. The van der Waals surface area contributed by atoms with E-state index in [1.54, 1.807) is 42.6 Å². The number of benzene rings is 1. The molecule has 0 aliphatic rings. The zero-order valence-corrected chi connectivity index (χ0v) is 18.6. The smallest absolute Gasteiger partial charge is 0.269 e. The second-order valence-electron chi connectivity index (χ2n) is 6.65. The molecular formula is C21H18Cl2N6O4. The van der Waals surface area contributed by atoms with Gasteiger partial charge in [0.15, 0.2) is 5.65 Å². The number of aliphatic hydroxyl groups is 1. The second-order valence-corrected chi connectivity index (χ2v) is 7.47. The van der Waals surface area contributed by atoms with Crippen LogP contribution in [0, 0.1) is 0 Å². The number of nitrogens with one attached hydrogen (secondary N) is 1. The van der Waals surface area contributed by atoms with Crippen molar-refractivity contribution in [2.24, 2.45) is 0 Å². The third-order valence-electron chi connectivity index (χ3n) is 4.45. The topological polar surface area (TPSA) is 124 Å². The van der Waals surface area contributed by atoms with E-state index in [2.05, 4.69) is 25.4 Å². The Morgan fingerprint density at radius 3 is 2.67 bits per heavy atom. The van der Waals surface area contributed by atoms with Gasteiger partial charge in [-0.15, -0.1) is 0 Å². The molecule has 33 heavy (non-hydrogen) atoms. The molecule has 1 aromatic carbocycles. The molecule has 0 radical (unpaired) electrons. The number of pyridine rings is 1. The van der Waals surface area contributed by atoms with Gasteiger partial charge in [0.2, 0.25) is 12.0 Å². The summed E-state index contributed by atoms with van der Waals surface area (Å²) in [5, 5.41) is 17.2.